The molecule has 4 heteroatoms. The van der Waals surface area contributed by atoms with Gasteiger partial charge >= 0.3 is 0 Å². The van der Waals surface area contributed by atoms with E-state index < -0.39 is 0 Å². The lowest BCUT2D eigenvalue weighted by molar-refractivity contribution is 0.261. The van der Waals surface area contributed by atoms with Crippen molar-refractivity contribution in [2.75, 3.05) is 7.11 Å². The van der Waals surface area contributed by atoms with Crippen LogP contribution in [0, 0.1) is 5.92 Å². The van der Waals surface area contributed by atoms with E-state index in [1.807, 2.05) is 6.07 Å². The monoisotopic (exact) mass is 259 g/mol. The minimum Gasteiger partial charge on any atom is -0.495 e. The van der Waals surface area contributed by atoms with Crippen LogP contribution in [0.4, 0.5) is 0 Å². The standard InChI is InChI=1S/C12H15Cl2NO/c1-16-12-8(2-7-3-10(15)4-7)5-9(13)6-11(12)14/h5-7,10H,2-4,15H2,1H3. The fraction of sp³-hybridized carbons (Fsp3) is 0.500. The molecule has 0 unspecified atom stereocenters. The molecule has 1 fully saturated rings. The number of hydrogen-bond donors (Lipinski definition) is 1. The molecule has 0 atom stereocenters. The van der Waals surface area contributed by atoms with Crippen molar-refractivity contribution in [1.82, 2.24) is 0 Å². The van der Waals surface area contributed by atoms with Crippen LogP contribution >= 0.6 is 23.2 Å². The molecule has 88 valence electrons. The lowest BCUT2D eigenvalue weighted by atomic mass is 9.77. The molecule has 0 saturated heterocycles. The molecule has 0 amide bonds. The summed E-state index contributed by atoms with van der Waals surface area (Å²) in [6.07, 6.45) is 3.09. The maximum Gasteiger partial charge on any atom is 0.140 e. The topological polar surface area (TPSA) is 35.2 Å². The van der Waals surface area contributed by atoms with Gasteiger partial charge in [0, 0.05) is 11.1 Å². The first-order chi connectivity index (χ1) is 7.60. The van der Waals surface area contributed by atoms with Gasteiger partial charge in [-0.05, 0) is 42.9 Å². The van der Waals surface area contributed by atoms with Crippen molar-refractivity contribution in [2.24, 2.45) is 11.7 Å². The van der Waals surface area contributed by atoms with E-state index in [0.717, 1.165) is 30.6 Å². The Balaban J connectivity index is 2.18. The van der Waals surface area contributed by atoms with Crippen molar-refractivity contribution in [2.45, 2.75) is 25.3 Å². The third-order valence-electron chi connectivity index (χ3n) is 3.07. The molecule has 1 aromatic carbocycles. The molecular weight excluding hydrogens is 245 g/mol. The van der Waals surface area contributed by atoms with Crippen LogP contribution < -0.4 is 10.5 Å². The van der Waals surface area contributed by atoms with E-state index in [1.54, 1.807) is 13.2 Å². The van der Waals surface area contributed by atoms with E-state index in [1.165, 1.54) is 0 Å². The number of hydrogen-bond acceptors (Lipinski definition) is 2. The molecule has 0 spiro atoms. The highest BCUT2D eigenvalue weighted by Crippen LogP contribution is 2.37. The Bertz CT molecular complexity index is 389. The Labute approximate surface area is 106 Å². The lowest BCUT2D eigenvalue weighted by Gasteiger charge is -2.32. The Hall–Kier alpha value is -0.440. The fourth-order valence-electron chi connectivity index (χ4n) is 2.26. The summed E-state index contributed by atoms with van der Waals surface area (Å²) in [6, 6.07) is 4.00. The van der Waals surface area contributed by atoms with Gasteiger partial charge in [0.1, 0.15) is 5.75 Å². The first-order valence-electron chi connectivity index (χ1n) is 5.37. The Morgan fingerprint density at radius 1 is 1.38 bits per heavy atom. The summed E-state index contributed by atoms with van der Waals surface area (Å²) in [5.74, 6) is 1.38. The van der Waals surface area contributed by atoms with Gasteiger partial charge in [0.2, 0.25) is 0 Å². The van der Waals surface area contributed by atoms with Gasteiger partial charge in [-0.25, -0.2) is 0 Å². The van der Waals surface area contributed by atoms with E-state index >= 15 is 0 Å². The minimum absolute atomic E-state index is 0.366. The first kappa shape index (κ1) is 12.0. The van der Waals surface area contributed by atoms with Gasteiger partial charge in [0.25, 0.3) is 0 Å². The molecule has 2 rings (SSSR count). The molecule has 0 aromatic heterocycles. The number of nitrogens with two attached hydrogens (primary N) is 1. The molecule has 1 saturated carbocycles. The maximum absolute atomic E-state index is 6.07. The highest BCUT2D eigenvalue weighted by molar-refractivity contribution is 6.35. The Morgan fingerprint density at radius 2 is 2.06 bits per heavy atom. The van der Waals surface area contributed by atoms with Crippen LogP contribution in [0.5, 0.6) is 5.75 Å². The van der Waals surface area contributed by atoms with Gasteiger partial charge in [-0.2, -0.15) is 0 Å². The second-order valence-corrected chi connectivity index (χ2v) is 5.23. The molecular formula is C12H15Cl2NO. The Kier molecular flexibility index (Phi) is 3.63. The van der Waals surface area contributed by atoms with E-state index in [0.29, 0.717) is 22.0 Å². The molecule has 2 nitrogen and oxygen atoms in total. The quantitative estimate of drug-likeness (QED) is 0.905. The van der Waals surface area contributed by atoms with Crippen LogP contribution in [-0.4, -0.2) is 13.2 Å². The van der Waals surface area contributed by atoms with Crippen molar-refractivity contribution in [3.63, 3.8) is 0 Å². The van der Waals surface area contributed by atoms with E-state index in [2.05, 4.69) is 0 Å². The van der Waals surface area contributed by atoms with E-state index in [4.69, 9.17) is 33.7 Å². The Morgan fingerprint density at radius 3 is 2.62 bits per heavy atom. The largest absolute Gasteiger partial charge is 0.495 e. The first-order valence-corrected chi connectivity index (χ1v) is 6.13. The lowest BCUT2D eigenvalue weighted by Crippen LogP contribution is -2.37. The van der Waals surface area contributed by atoms with Crippen LogP contribution in [0.15, 0.2) is 12.1 Å². The number of methoxy groups -OCH3 is 1. The summed E-state index contributed by atoms with van der Waals surface area (Å²) in [5.41, 5.74) is 6.85. The van der Waals surface area contributed by atoms with E-state index in [-0.39, 0.29) is 0 Å². The number of halogens is 2. The molecule has 1 aliphatic carbocycles. The molecule has 1 aromatic rings. The second-order valence-electron chi connectivity index (χ2n) is 4.38. The third-order valence-corrected chi connectivity index (χ3v) is 3.57. The van der Waals surface area contributed by atoms with Gasteiger partial charge in [0.15, 0.2) is 0 Å². The van der Waals surface area contributed by atoms with Gasteiger partial charge in [0.05, 0.1) is 12.1 Å². The van der Waals surface area contributed by atoms with Crippen LogP contribution in [0.25, 0.3) is 0 Å². The number of rotatable bonds is 3. The SMILES string of the molecule is COc1c(Cl)cc(Cl)cc1CC1CC(N)C1. The number of benzene rings is 1. The van der Waals surface area contributed by atoms with Gasteiger partial charge in [-0.3, -0.25) is 0 Å². The minimum atomic E-state index is 0.366. The molecule has 2 N–H and O–H groups in total. The molecule has 0 heterocycles. The van der Waals surface area contributed by atoms with Gasteiger partial charge in [-0.1, -0.05) is 23.2 Å². The zero-order valence-electron chi connectivity index (χ0n) is 9.17. The average molecular weight is 260 g/mol. The molecule has 16 heavy (non-hydrogen) atoms. The zero-order valence-corrected chi connectivity index (χ0v) is 10.7. The van der Waals surface area contributed by atoms with Crippen molar-refractivity contribution in [1.29, 1.82) is 0 Å². The normalized spacial score (nSPS) is 24.0. The maximum atomic E-state index is 6.07. The molecule has 0 radical (unpaired) electrons. The van der Waals surface area contributed by atoms with Crippen LogP contribution in [0.1, 0.15) is 18.4 Å². The van der Waals surface area contributed by atoms with Crippen LogP contribution in [0.3, 0.4) is 0 Å². The highest BCUT2D eigenvalue weighted by atomic mass is 35.5. The molecule has 0 bridgehead atoms. The summed E-state index contributed by atoms with van der Waals surface area (Å²) in [5, 5.41) is 1.23. The third kappa shape index (κ3) is 2.45. The predicted octanol–water partition coefficient (Wildman–Crippen LogP) is 3.28. The van der Waals surface area contributed by atoms with Crippen molar-refractivity contribution < 1.29 is 4.74 Å². The average Bonchev–Trinajstić information content (AvgIpc) is 2.14. The van der Waals surface area contributed by atoms with Crippen molar-refractivity contribution in [3.05, 3.63) is 27.7 Å². The van der Waals surface area contributed by atoms with Gasteiger partial charge < -0.3 is 10.5 Å². The fourth-order valence-corrected chi connectivity index (χ4v) is 2.87. The number of ether oxygens (including phenoxy) is 1. The van der Waals surface area contributed by atoms with Crippen molar-refractivity contribution >= 4 is 23.2 Å². The highest BCUT2D eigenvalue weighted by Gasteiger charge is 2.27. The van der Waals surface area contributed by atoms with E-state index in [9.17, 15) is 0 Å². The van der Waals surface area contributed by atoms with Crippen LogP contribution in [0.2, 0.25) is 10.0 Å². The second kappa shape index (κ2) is 4.82. The van der Waals surface area contributed by atoms with Crippen LogP contribution in [-0.2, 0) is 6.42 Å². The summed E-state index contributed by atoms with van der Waals surface area (Å²) < 4.78 is 5.31. The summed E-state index contributed by atoms with van der Waals surface area (Å²) in [4.78, 5) is 0. The van der Waals surface area contributed by atoms with Crippen molar-refractivity contribution in [3.8, 4) is 5.75 Å². The smallest absolute Gasteiger partial charge is 0.140 e. The summed E-state index contributed by atoms with van der Waals surface area (Å²) in [6.45, 7) is 0. The molecule has 1 aliphatic rings. The summed E-state index contributed by atoms with van der Waals surface area (Å²) >= 11 is 12.1. The summed E-state index contributed by atoms with van der Waals surface area (Å²) in [7, 11) is 1.63. The van der Waals surface area contributed by atoms with Gasteiger partial charge in [-0.15, -0.1) is 0 Å². The predicted molar refractivity (Wildman–Crippen MR) is 67.4 cm³/mol. The molecule has 0 aliphatic heterocycles. The zero-order chi connectivity index (χ0) is 11.7.